The minimum Gasteiger partial charge on any atom is -0.497 e. The van der Waals surface area contributed by atoms with E-state index in [-0.39, 0.29) is 22.0 Å². The number of nitrogens with zero attached hydrogens (tertiary/aromatic N) is 2. The highest BCUT2D eigenvalue weighted by atomic mass is 35.5. The van der Waals surface area contributed by atoms with Crippen molar-refractivity contribution < 1.29 is 22.7 Å². The molecule has 0 saturated heterocycles. The molecular weight excluding hydrogens is 452 g/mol. The fraction of sp³-hybridized carbons (Fsp3) is 0.130. The topological polar surface area (TPSA) is 96.7 Å². The smallest absolute Gasteiger partial charge is 0.339 e. The van der Waals surface area contributed by atoms with Crippen molar-refractivity contribution >= 4 is 33.3 Å². The predicted molar refractivity (Wildman–Crippen MR) is 120 cm³/mol. The Morgan fingerprint density at radius 3 is 2.38 bits per heavy atom. The van der Waals surface area contributed by atoms with E-state index in [1.807, 2.05) is 30.3 Å². The van der Waals surface area contributed by atoms with E-state index in [0.29, 0.717) is 11.4 Å². The highest BCUT2D eigenvalue weighted by Crippen LogP contribution is 2.32. The summed E-state index contributed by atoms with van der Waals surface area (Å²) in [6, 6.07) is 21.1. The Bertz CT molecular complexity index is 1240. The molecule has 0 radical (unpaired) electrons. The number of hydrogen-bond donors (Lipinski definition) is 0. The predicted octanol–water partition coefficient (Wildman–Crippen LogP) is 4.42. The van der Waals surface area contributed by atoms with E-state index < -0.39 is 22.6 Å². The maximum Gasteiger partial charge on any atom is 0.339 e. The monoisotopic (exact) mass is 470 g/mol. The van der Waals surface area contributed by atoms with Gasteiger partial charge in [-0.05, 0) is 48.0 Å². The van der Waals surface area contributed by atoms with Crippen LogP contribution in [0.25, 0.3) is 0 Å². The number of hydrogen-bond acceptors (Lipinski definition) is 6. The fourth-order valence-electron chi connectivity index (χ4n) is 2.94. The average Bonchev–Trinajstić information content (AvgIpc) is 2.81. The number of benzene rings is 3. The lowest BCUT2D eigenvalue weighted by atomic mass is 10.2. The van der Waals surface area contributed by atoms with Gasteiger partial charge in [-0.25, -0.2) is 13.2 Å². The second-order valence-corrected chi connectivity index (χ2v) is 8.81. The van der Waals surface area contributed by atoms with Crippen molar-refractivity contribution in [2.75, 3.05) is 18.0 Å². The zero-order valence-electron chi connectivity index (χ0n) is 17.1. The Balaban J connectivity index is 2.08. The molecule has 32 heavy (non-hydrogen) atoms. The van der Waals surface area contributed by atoms with Gasteiger partial charge in [0.25, 0.3) is 10.0 Å². The lowest BCUT2D eigenvalue weighted by Crippen LogP contribution is -2.31. The summed E-state index contributed by atoms with van der Waals surface area (Å²) in [6.45, 7) is -0.412. The second-order valence-electron chi connectivity index (χ2n) is 6.57. The molecule has 3 aromatic carbocycles. The number of esters is 1. The van der Waals surface area contributed by atoms with Crippen LogP contribution in [0.2, 0.25) is 5.02 Å². The number of carbonyl (C=O) groups is 1. The number of carbonyl (C=O) groups excluding carboxylic acids is 1. The first-order valence-corrected chi connectivity index (χ1v) is 11.2. The molecule has 0 heterocycles. The van der Waals surface area contributed by atoms with Crippen LogP contribution in [-0.2, 0) is 21.3 Å². The minimum absolute atomic E-state index is 0.0300. The van der Waals surface area contributed by atoms with Gasteiger partial charge in [0.15, 0.2) is 6.61 Å². The average molecular weight is 471 g/mol. The zero-order chi connectivity index (χ0) is 23.1. The van der Waals surface area contributed by atoms with Crippen LogP contribution in [0.3, 0.4) is 0 Å². The van der Waals surface area contributed by atoms with Crippen LogP contribution in [0.1, 0.15) is 15.9 Å². The first-order chi connectivity index (χ1) is 15.4. The van der Waals surface area contributed by atoms with E-state index in [0.717, 1.165) is 11.6 Å². The maximum atomic E-state index is 13.7. The molecule has 0 N–H and O–H groups in total. The van der Waals surface area contributed by atoms with Crippen LogP contribution in [0, 0.1) is 11.3 Å². The summed E-state index contributed by atoms with van der Waals surface area (Å²) in [4.78, 5) is 11.9. The summed E-state index contributed by atoms with van der Waals surface area (Å²) < 4.78 is 38.6. The van der Waals surface area contributed by atoms with Crippen molar-refractivity contribution in [2.45, 2.75) is 11.4 Å². The number of rotatable bonds is 8. The molecule has 0 aliphatic heterocycles. The summed E-state index contributed by atoms with van der Waals surface area (Å²) >= 11 is 6.24. The zero-order valence-corrected chi connectivity index (χ0v) is 18.6. The molecule has 0 atom stereocenters. The molecule has 3 aromatic rings. The number of sulfonamides is 1. The Kier molecular flexibility index (Phi) is 7.36. The van der Waals surface area contributed by atoms with Crippen molar-refractivity contribution in [3.63, 3.8) is 0 Å². The van der Waals surface area contributed by atoms with Crippen molar-refractivity contribution in [1.82, 2.24) is 0 Å². The van der Waals surface area contributed by atoms with Crippen molar-refractivity contribution in [3.8, 4) is 11.8 Å². The normalized spacial score (nSPS) is 10.8. The van der Waals surface area contributed by atoms with Gasteiger partial charge in [-0.3, -0.25) is 4.31 Å². The Hall–Kier alpha value is -3.54. The summed E-state index contributed by atoms with van der Waals surface area (Å²) in [5, 5.41) is 8.56. The standard InChI is InChI=1S/C23H19ClN2O5S/c1-30-20-10-8-19(9-11-20)26(16-17-5-3-2-4-6-17)32(28,29)22-15-18(7-12-21(22)24)23(27)31-14-13-25/h2-12,15H,14,16H2,1H3. The summed E-state index contributed by atoms with van der Waals surface area (Å²) in [5.74, 6) is -0.246. The number of nitriles is 1. The molecule has 0 aliphatic rings. The van der Waals surface area contributed by atoms with E-state index >= 15 is 0 Å². The molecular formula is C23H19ClN2O5S. The molecule has 164 valence electrons. The molecule has 0 aliphatic carbocycles. The van der Waals surface area contributed by atoms with Crippen LogP contribution in [0.15, 0.2) is 77.7 Å². The Morgan fingerprint density at radius 1 is 1.06 bits per heavy atom. The van der Waals surface area contributed by atoms with Gasteiger partial charge in [0.05, 0.1) is 29.9 Å². The van der Waals surface area contributed by atoms with Crippen molar-refractivity contribution in [2.24, 2.45) is 0 Å². The molecule has 0 amide bonds. The van der Waals surface area contributed by atoms with E-state index in [2.05, 4.69) is 0 Å². The molecule has 0 aromatic heterocycles. The van der Waals surface area contributed by atoms with Crippen LogP contribution in [0.4, 0.5) is 5.69 Å². The van der Waals surface area contributed by atoms with E-state index in [4.69, 9.17) is 26.3 Å². The van der Waals surface area contributed by atoms with Crippen LogP contribution in [-0.4, -0.2) is 28.1 Å². The Labute approximate surface area is 191 Å². The van der Waals surface area contributed by atoms with E-state index in [9.17, 15) is 13.2 Å². The molecule has 7 nitrogen and oxygen atoms in total. The van der Waals surface area contributed by atoms with Gasteiger partial charge in [-0.15, -0.1) is 0 Å². The molecule has 0 spiro atoms. The lowest BCUT2D eigenvalue weighted by molar-refractivity contribution is 0.0554. The van der Waals surface area contributed by atoms with Gasteiger partial charge < -0.3 is 9.47 Å². The first-order valence-electron chi connectivity index (χ1n) is 9.41. The molecule has 9 heteroatoms. The Morgan fingerprint density at radius 2 is 1.75 bits per heavy atom. The molecule has 0 saturated carbocycles. The van der Waals surface area contributed by atoms with Gasteiger partial charge in [0.1, 0.15) is 16.7 Å². The highest BCUT2D eigenvalue weighted by Gasteiger charge is 2.29. The molecule has 0 fully saturated rings. The lowest BCUT2D eigenvalue weighted by Gasteiger charge is -2.25. The largest absolute Gasteiger partial charge is 0.497 e. The number of halogens is 1. The number of anilines is 1. The summed E-state index contributed by atoms with van der Waals surface area (Å²) in [7, 11) is -2.67. The SMILES string of the molecule is COc1ccc(N(Cc2ccccc2)S(=O)(=O)c2cc(C(=O)OCC#N)ccc2Cl)cc1. The third kappa shape index (κ3) is 5.19. The third-order valence-corrected chi connectivity index (χ3v) is 6.79. The van der Waals surface area contributed by atoms with Crippen molar-refractivity contribution in [3.05, 3.63) is 88.9 Å². The van der Waals surface area contributed by atoms with Gasteiger partial charge in [-0.1, -0.05) is 41.9 Å². The van der Waals surface area contributed by atoms with E-state index in [1.165, 1.54) is 23.5 Å². The van der Waals surface area contributed by atoms with Crippen LogP contribution in [0.5, 0.6) is 5.75 Å². The second kappa shape index (κ2) is 10.2. The first kappa shape index (κ1) is 23.1. The van der Waals surface area contributed by atoms with Crippen molar-refractivity contribution in [1.29, 1.82) is 5.26 Å². The summed E-state index contributed by atoms with van der Waals surface area (Å²) in [6.07, 6.45) is 0. The molecule has 3 rings (SSSR count). The van der Waals surface area contributed by atoms with Crippen LogP contribution < -0.4 is 9.04 Å². The number of ether oxygens (including phenoxy) is 2. The quantitative estimate of drug-likeness (QED) is 0.452. The minimum atomic E-state index is -4.19. The van der Waals surface area contributed by atoms with E-state index in [1.54, 1.807) is 30.3 Å². The van der Waals surface area contributed by atoms with Gasteiger partial charge >= 0.3 is 5.97 Å². The molecule has 0 bridgehead atoms. The highest BCUT2D eigenvalue weighted by molar-refractivity contribution is 7.93. The molecule has 0 unspecified atom stereocenters. The number of methoxy groups -OCH3 is 1. The van der Waals surface area contributed by atoms with Gasteiger partial charge in [0.2, 0.25) is 0 Å². The third-order valence-electron chi connectivity index (χ3n) is 4.53. The van der Waals surface area contributed by atoms with Gasteiger partial charge in [-0.2, -0.15) is 5.26 Å². The maximum absolute atomic E-state index is 13.7. The van der Waals surface area contributed by atoms with Gasteiger partial charge in [0, 0.05) is 0 Å². The fourth-order valence-corrected chi connectivity index (χ4v) is 4.90. The summed E-state index contributed by atoms with van der Waals surface area (Å²) in [5.41, 5.74) is 1.12. The van der Waals surface area contributed by atoms with Crippen LogP contribution >= 0.6 is 11.6 Å².